The van der Waals surface area contributed by atoms with Crippen molar-refractivity contribution in [3.05, 3.63) is 65.6 Å². The van der Waals surface area contributed by atoms with Crippen molar-refractivity contribution in [3.63, 3.8) is 0 Å². The highest BCUT2D eigenvalue weighted by Crippen LogP contribution is 2.33. The second-order valence-electron chi connectivity index (χ2n) is 7.33. The van der Waals surface area contributed by atoms with Crippen LogP contribution in [-0.2, 0) is 17.8 Å². The Morgan fingerprint density at radius 1 is 1.15 bits per heavy atom. The van der Waals surface area contributed by atoms with Crippen LogP contribution < -0.4 is 0 Å². The number of amides is 1. The Labute approximate surface area is 159 Å². The zero-order valence-electron chi connectivity index (χ0n) is 15.9. The average Bonchev–Trinajstić information content (AvgIpc) is 3.09. The largest absolute Gasteiger partial charge is 0.338 e. The van der Waals surface area contributed by atoms with E-state index in [9.17, 15) is 4.79 Å². The molecular weight excluding hydrogens is 338 g/mol. The summed E-state index contributed by atoms with van der Waals surface area (Å²) in [6, 6.07) is 14.5. The first kappa shape index (κ1) is 17.7. The zero-order chi connectivity index (χ0) is 18.8. The van der Waals surface area contributed by atoms with Crippen molar-refractivity contribution in [1.82, 2.24) is 24.4 Å². The van der Waals surface area contributed by atoms with Crippen molar-refractivity contribution in [2.45, 2.75) is 31.8 Å². The van der Waals surface area contributed by atoms with Gasteiger partial charge in [-0.25, -0.2) is 0 Å². The Bertz CT molecular complexity index is 950. The molecule has 1 aliphatic rings. The number of aromatic nitrogens is 3. The summed E-state index contributed by atoms with van der Waals surface area (Å²) in [7, 11) is 3.87. The van der Waals surface area contributed by atoms with Gasteiger partial charge in [0.15, 0.2) is 11.5 Å². The van der Waals surface area contributed by atoms with Gasteiger partial charge < -0.3 is 4.90 Å². The molecule has 6 nitrogen and oxygen atoms in total. The number of carbonyl (C=O) groups is 1. The molecule has 1 unspecified atom stereocenters. The standard InChI is InChI=1S/C21H25N5O/c1-24(14-20-23-22-19-12-5-6-13-26(19)20)15-21(27)25(2)18-11-7-9-16-8-3-4-10-17(16)18/h3-6,8,10,12-13,18H,7,9,11,14-15H2,1-2H3. The van der Waals surface area contributed by atoms with E-state index in [2.05, 4.69) is 34.5 Å². The van der Waals surface area contributed by atoms with Crippen molar-refractivity contribution < 1.29 is 4.79 Å². The molecule has 1 atom stereocenters. The highest BCUT2D eigenvalue weighted by molar-refractivity contribution is 5.78. The number of benzene rings is 1. The molecule has 0 radical (unpaired) electrons. The fourth-order valence-electron chi connectivity index (χ4n) is 3.94. The minimum Gasteiger partial charge on any atom is -0.338 e. The van der Waals surface area contributed by atoms with E-state index < -0.39 is 0 Å². The highest BCUT2D eigenvalue weighted by Gasteiger charge is 2.27. The van der Waals surface area contributed by atoms with E-state index in [0.29, 0.717) is 13.1 Å². The van der Waals surface area contributed by atoms with Crippen molar-refractivity contribution >= 4 is 11.6 Å². The fraction of sp³-hybridized carbons (Fsp3) is 0.381. The maximum atomic E-state index is 12.9. The van der Waals surface area contributed by atoms with E-state index in [1.807, 2.05) is 52.7 Å². The van der Waals surface area contributed by atoms with Crippen LogP contribution >= 0.6 is 0 Å². The Balaban J connectivity index is 1.43. The molecule has 4 rings (SSSR count). The summed E-state index contributed by atoms with van der Waals surface area (Å²) in [5.74, 6) is 0.972. The molecule has 6 heteroatoms. The first-order chi connectivity index (χ1) is 13.1. The fourth-order valence-corrected chi connectivity index (χ4v) is 3.94. The molecule has 0 fully saturated rings. The van der Waals surface area contributed by atoms with Gasteiger partial charge in [0.25, 0.3) is 0 Å². The SMILES string of the molecule is CN(CC(=O)N(C)C1CCCc2ccccc21)Cc1nnc2ccccn12. The average molecular weight is 363 g/mol. The van der Waals surface area contributed by atoms with Crippen LogP contribution in [0.5, 0.6) is 0 Å². The van der Waals surface area contributed by atoms with Crippen LogP contribution in [0.25, 0.3) is 5.65 Å². The van der Waals surface area contributed by atoms with Gasteiger partial charge in [-0.1, -0.05) is 30.3 Å². The van der Waals surface area contributed by atoms with Gasteiger partial charge in [-0.3, -0.25) is 14.1 Å². The first-order valence-electron chi connectivity index (χ1n) is 9.44. The molecule has 0 saturated heterocycles. The van der Waals surface area contributed by atoms with E-state index in [-0.39, 0.29) is 11.9 Å². The maximum absolute atomic E-state index is 12.9. The minimum absolute atomic E-state index is 0.132. The summed E-state index contributed by atoms with van der Waals surface area (Å²) in [5.41, 5.74) is 3.49. The Kier molecular flexibility index (Phi) is 4.90. The molecule has 0 spiro atoms. The van der Waals surface area contributed by atoms with E-state index in [4.69, 9.17) is 0 Å². The van der Waals surface area contributed by atoms with Gasteiger partial charge in [0.1, 0.15) is 0 Å². The number of rotatable bonds is 5. The van der Waals surface area contributed by atoms with Crippen LogP contribution in [0.4, 0.5) is 0 Å². The number of likely N-dealkylation sites (N-methyl/N-ethyl adjacent to an activating group) is 2. The van der Waals surface area contributed by atoms with Crippen molar-refractivity contribution in [2.24, 2.45) is 0 Å². The van der Waals surface area contributed by atoms with Crippen molar-refractivity contribution in [3.8, 4) is 0 Å². The van der Waals surface area contributed by atoms with Gasteiger partial charge in [0.2, 0.25) is 5.91 Å². The van der Waals surface area contributed by atoms with Crippen LogP contribution in [0.15, 0.2) is 48.7 Å². The number of aryl methyl sites for hydroxylation is 1. The van der Waals surface area contributed by atoms with Crippen molar-refractivity contribution in [1.29, 1.82) is 0 Å². The first-order valence-corrected chi connectivity index (χ1v) is 9.44. The van der Waals surface area contributed by atoms with Crippen molar-refractivity contribution in [2.75, 3.05) is 20.6 Å². The lowest BCUT2D eigenvalue weighted by molar-refractivity contribution is -0.133. The normalized spacial score (nSPS) is 16.5. The van der Waals surface area contributed by atoms with E-state index in [1.165, 1.54) is 11.1 Å². The molecule has 140 valence electrons. The molecule has 0 aliphatic heterocycles. The third-order valence-corrected chi connectivity index (χ3v) is 5.40. The molecule has 1 aliphatic carbocycles. The molecule has 2 heterocycles. The zero-order valence-corrected chi connectivity index (χ0v) is 15.9. The maximum Gasteiger partial charge on any atom is 0.237 e. The lowest BCUT2D eigenvalue weighted by Gasteiger charge is -2.34. The van der Waals surface area contributed by atoms with Gasteiger partial charge in [0.05, 0.1) is 19.1 Å². The number of hydrogen-bond acceptors (Lipinski definition) is 4. The van der Waals surface area contributed by atoms with Gasteiger partial charge in [-0.2, -0.15) is 0 Å². The summed E-state index contributed by atoms with van der Waals surface area (Å²) in [5, 5.41) is 8.43. The van der Waals surface area contributed by atoms with E-state index in [1.54, 1.807) is 0 Å². The Morgan fingerprint density at radius 2 is 1.96 bits per heavy atom. The number of hydrogen-bond donors (Lipinski definition) is 0. The molecule has 1 aromatic carbocycles. The Hall–Kier alpha value is -2.73. The van der Waals surface area contributed by atoms with Gasteiger partial charge in [-0.15, -0.1) is 10.2 Å². The minimum atomic E-state index is 0.132. The summed E-state index contributed by atoms with van der Waals surface area (Å²) in [6.45, 7) is 0.933. The third kappa shape index (κ3) is 3.57. The highest BCUT2D eigenvalue weighted by atomic mass is 16.2. The summed E-state index contributed by atoms with van der Waals surface area (Å²) >= 11 is 0. The number of pyridine rings is 1. The van der Waals surface area contributed by atoms with Crippen LogP contribution in [0.3, 0.4) is 0 Å². The van der Waals surface area contributed by atoms with Gasteiger partial charge in [0, 0.05) is 13.2 Å². The quantitative estimate of drug-likeness (QED) is 0.699. The second kappa shape index (κ2) is 7.48. The molecule has 27 heavy (non-hydrogen) atoms. The van der Waals surface area contributed by atoms with Crippen LogP contribution in [0, 0.1) is 0 Å². The predicted octanol–water partition coefficient (Wildman–Crippen LogP) is 2.70. The topological polar surface area (TPSA) is 53.7 Å². The van der Waals surface area contributed by atoms with Gasteiger partial charge in [-0.05, 0) is 49.6 Å². The molecule has 1 amide bonds. The molecule has 0 saturated carbocycles. The lowest BCUT2D eigenvalue weighted by atomic mass is 9.87. The summed E-state index contributed by atoms with van der Waals surface area (Å²) < 4.78 is 1.96. The summed E-state index contributed by atoms with van der Waals surface area (Å²) in [6.07, 6.45) is 5.21. The Morgan fingerprint density at radius 3 is 2.85 bits per heavy atom. The van der Waals surface area contributed by atoms with E-state index in [0.717, 1.165) is 30.7 Å². The molecule has 0 N–H and O–H groups in total. The number of carbonyl (C=O) groups excluding carboxylic acids is 1. The third-order valence-electron chi connectivity index (χ3n) is 5.40. The van der Waals surface area contributed by atoms with Crippen LogP contribution in [-0.4, -0.2) is 50.9 Å². The molecule has 0 bridgehead atoms. The monoisotopic (exact) mass is 363 g/mol. The van der Waals surface area contributed by atoms with Gasteiger partial charge >= 0.3 is 0 Å². The summed E-state index contributed by atoms with van der Waals surface area (Å²) in [4.78, 5) is 16.8. The predicted molar refractivity (Wildman–Crippen MR) is 104 cm³/mol. The molecule has 2 aromatic heterocycles. The van der Waals surface area contributed by atoms with Crippen LogP contribution in [0.1, 0.15) is 35.8 Å². The molecule has 3 aromatic rings. The molecular formula is C21H25N5O. The van der Waals surface area contributed by atoms with E-state index >= 15 is 0 Å². The van der Waals surface area contributed by atoms with Crippen LogP contribution in [0.2, 0.25) is 0 Å². The number of nitrogens with zero attached hydrogens (tertiary/aromatic N) is 5. The number of fused-ring (bicyclic) bond motifs is 2. The second-order valence-corrected chi connectivity index (χ2v) is 7.33. The smallest absolute Gasteiger partial charge is 0.237 e. The lowest BCUT2D eigenvalue weighted by Crippen LogP contribution is -2.39.